The minimum Gasteiger partial charge on any atom is -0.455 e. The number of carbonyl (C=O) groups is 2. The third kappa shape index (κ3) is 5.15. The fourth-order valence-electron chi connectivity index (χ4n) is 2.46. The van der Waals surface area contributed by atoms with Crippen LogP contribution in [0.15, 0.2) is 18.2 Å². The SMILES string of the molecule is Cc1ccc(C)c(C(=O)COC(=O)C(C)OCC2CCCO2)c1. The van der Waals surface area contributed by atoms with E-state index in [2.05, 4.69) is 0 Å². The van der Waals surface area contributed by atoms with Crippen LogP contribution in [0, 0.1) is 13.8 Å². The van der Waals surface area contributed by atoms with Crippen molar-refractivity contribution in [1.82, 2.24) is 0 Å². The molecule has 0 radical (unpaired) electrons. The zero-order chi connectivity index (χ0) is 16.8. The van der Waals surface area contributed by atoms with Crippen molar-refractivity contribution in [3.05, 3.63) is 34.9 Å². The molecule has 0 aliphatic carbocycles. The topological polar surface area (TPSA) is 61.8 Å². The summed E-state index contributed by atoms with van der Waals surface area (Å²) in [7, 11) is 0. The normalized spacial score (nSPS) is 18.7. The molecule has 2 unspecified atom stereocenters. The predicted molar refractivity (Wildman–Crippen MR) is 85.6 cm³/mol. The summed E-state index contributed by atoms with van der Waals surface area (Å²) in [5, 5.41) is 0. The van der Waals surface area contributed by atoms with Crippen molar-refractivity contribution < 1.29 is 23.8 Å². The number of benzene rings is 1. The molecule has 1 saturated heterocycles. The van der Waals surface area contributed by atoms with Gasteiger partial charge in [0, 0.05) is 12.2 Å². The van der Waals surface area contributed by atoms with E-state index < -0.39 is 12.1 Å². The molecule has 1 heterocycles. The fourth-order valence-corrected chi connectivity index (χ4v) is 2.46. The summed E-state index contributed by atoms with van der Waals surface area (Å²) >= 11 is 0. The van der Waals surface area contributed by atoms with Crippen molar-refractivity contribution in [2.45, 2.75) is 45.8 Å². The van der Waals surface area contributed by atoms with Gasteiger partial charge >= 0.3 is 5.97 Å². The lowest BCUT2D eigenvalue weighted by Crippen LogP contribution is -2.29. The first-order chi connectivity index (χ1) is 11.0. The second-order valence-electron chi connectivity index (χ2n) is 5.96. The summed E-state index contributed by atoms with van der Waals surface area (Å²) in [6.07, 6.45) is 1.33. The van der Waals surface area contributed by atoms with Gasteiger partial charge < -0.3 is 14.2 Å². The molecule has 1 aliphatic rings. The number of carbonyl (C=O) groups excluding carboxylic acids is 2. The molecular weight excluding hydrogens is 296 g/mol. The number of hydrogen-bond acceptors (Lipinski definition) is 5. The predicted octanol–water partition coefficient (Wildman–Crippen LogP) is 2.61. The number of rotatable bonds is 7. The van der Waals surface area contributed by atoms with E-state index in [1.54, 1.807) is 6.92 Å². The van der Waals surface area contributed by atoms with Crippen molar-refractivity contribution >= 4 is 11.8 Å². The zero-order valence-corrected chi connectivity index (χ0v) is 14.0. The summed E-state index contributed by atoms with van der Waals surface area (Å²) in [5.41, 5.74) is 2.46. The molecule has 2 rings (SSSR count). The van der Waals surface area contributed by atoms with Gasteiger partial charge in [0.1, 0.15) is 0 Å². The van der Waals surface area contributed by atoms with E-state index in [4.69, 9.17) is 14.2 Å². The molecule has 1 aromatic rings. The van der Waals surface area contributed by atoms with Gasteiger partial charge in [-0.15, -0.1) is 0 Å². The Morgan fingerprint density at radius 3 is 2.83 bits per heavy atom. The quantitative estimate of drug-likeness (QED) is 0.571. The zero-order valence-electron chi connectivity index (χ0n) is 14.0. The molecule has 0 N–H and O–H groups in total. The molecule has 1 aromatic carbocycles. The van der Waals surface area contributed by atoms with Crippen LogP contribution in [0.3, 0.4) is 0 Å². The van der Waals surface area contributed by atoms with Gasteiger partial charge in [0.2, 0.25) is 5.78 Å². The van der Waals surface area contributed by atoms with E-state index in [0.717, 1.165) is 30.6 Å². The Hall–Kier alpha value is -1.72. The van der Waals surface area contributed by atoms with Crippen LogP contribution in [-0.2, 0) is 19.0 Å². The molecule has 0 bridgehead atoms. The summed E-state index contributed by atoms with van der Waals surface area (Å²) in [6, 6.07) is 5.64. The molecule has 1 fully saturated rings. The third-order valence-electron chi connectivity index (χ3n) is 3.93. The average molecular weight is 320 g/mol. The lowest BCUT2D eigenvalue weighted by atomic mass is 10.0. The van der Waals surface area contributed by atoms with Crippen LogP contribution in [0.4, 0.5) is 0 Å². The van der Waals surface area contributed by atoms with Crippen LogP contribution in [0.2, 0.25) is 0 Å². The molecule has 5 nitrogen and oxygen atoms in total. The van der Waals surface area contributed by atoms with Gasteiger partial charge in [0.05, 0.1) is 12.7 Å². The maximum Gasteiger partial charge on any atom is 0.335 e. The smallest absolute Gasteiger partial charge is 0.335 e. The molecule has 0 saturated carbocycles. The first-order valence-electron chi connectivity index (χ1n) is 7.97. The first-order valence-corrected chi connectivity index (χ1v) is 7.97. The number of hydrogen-bond donors (Lipinski definition) is 0. The lowest BCUT2D eigenvalue weighted by molar-refractivity contribution is -0.156. The second kappa shape index (κ2) is 8.22. The maximum absolute atomic E-state index is 12.2. The highest BCUT2D eigenvalue weighted by Crippen LogP contribution is 2.14. The fraction of sp³-hybridized carbons (Fsp3) is 0.556. The minimum absolute atomic E-state index is 0.0572. The van der Waals surface area contributed by atoms with Crippen molar-refractivity contribution in [2.24, 2.45) is 0 Å². The van der Waals surface area contributed by atoms with E-state index in [1.807, 2.05) is 32.0 Å². The van der Waals surface area contributed by atoms with Crippen molar-refractivity contribution in [1.29, 1.82) is 0 Å². The lowest BCUT2D eigenvalue weighted by Gasteiger charge is -2.15. The largest absolute Gasteiger partial charge is 0.455 e. The van der Waals surface area contributed by atoms with Crippen LogP contribution in [0.25, 0.3) is 0 Å². The van der Waals surface area contributed by atoms with Gasteiger partial charge in [0.15, 0.2) is 12.7 Å². The van der Waals surface area contributed by atoms with Gasteiger partial charge in [0.25, 0.3) is 0 Å². The molecular formula is C18H24O5. The van der Waals surface area contributed by atoms with Crippen molar-refractivity contribution in [2.75, 3.05) is 19.8 Å². The van der Waals surface area contributed by atoms with Gasteiger partial charge in [-0.3, -0.25) is 4.79 Å². The van der Waals surface area contributed by atoms with Crippen molar-refractivity contribution in [3.8, 4) is 0 Å². The van der Waals surface area contributed by atoms with E-state index in [-0.39, 0.29) is 18.5 Å². The number of Topliss-reactive ketones (excluding diaryl/α,β-unsaturated/α-hetero) is 1. The third-order valence-corrected chi connectivity index (χ3v) is 3.93. The molecule has 2 atom stereocenters. The highest BCUT2D eigenvalue weighted by Gasteiger charge is 2.21. The monoisotopic (exact) mass is 320 g/mol. The van der Waals surface area contributed by atoms with E-state index in [1.165, 1.54) is 0 Å². The Morgan fingerprint density at radius 2 is 2.13 bits per heavy atom. The van der Waals surface area contributed by atoms with E-state index in [9.17, 15) is 9.59 Å². The Labute approximate surface area is 136 Å². The van der Waals surface area contributed by atoms with E-state index in [0.29, 0.717) is 12.2 Å². The average Bonchev–Trinajstić information content (AvgIpc) is 3.05. The molecule has 5 heteroatoms. The van der Waals surface area contributed by atoms with Gasteiger partial charge in [-0.1, -0.05) is 17.7 Å². The summed E-state index contributed by atoms with van der Waals surface area (Å²) in [6.45, 7) is 6.26. The minimum atomic E-state index is -0.703. The highest BCUT2D eigenvalue weighted by atomic mass is 16.6. The molecule has 126 valence electrons. The number of ether oxygens (including phenoxy) is 3. The first kappa shape index (κ1) is 17.6. The summed E-state index contributed by atoms with van der Waals surface area (Å²) in [4.78, 5) is 24.1. The highest BCUT2D eigenvalue weighted by molar-refractivity contribution is 5.99. The van der Waals surface area contributed by atoms with Gasteiger partial charge in [-0.25, -0.2) is 4.79 Å². The molecule has 0 aromatic heterocycles. The maximum atomic E-state index is 12.2. The number of aryl methyl sites for hydroxylation is 2. The summed E-state index contributed by atoms with van der Waals surface area (Å²) in [5.74, 6) is -0.729. The Balaban J connectivity index is 1.78. The number of ketones is 1. The Bertz CT molecular complexity index is 561. The van der Waals surface area contributed by atoms with Crippen LogP contribution in [-0.4, -0.2) is 43.8 Å². The van der Waals surface area contributed by atoms with Crippen LogP contribution >= 0.6 is 0 Å². The van der Waals surface area contributed by atoms with Gasteiger partial charge in [-0.2, -0.15) is 0 Å². The summed E-state index contributed by atoms with van der Waals surface area (Å²) < 4.78 is 16.0. The van der Waals surface area contributed by atoms with Gasteiger partial charge in [-0.05, 0) is 45.2 Å². The van der Waals surface area contributed by atoms with Crippen molar-refractivity contribution in [3.63, 3.8) is 0 Å². The van der Waals surface area contributed by atoms with E-state index >= 15 is 0 Å². The number of esters is 1. The molecule has 0 spiro atoms. The Morgan fingerprint density at radius 1 is 1.35 bits per heavy atom. The molecule has 0 amide bonds. The standard InChI is InChI=1S/C18H24O5/c1-12-6-7-13(2)16(9-12)17(19)11-23-18(20)14(3)22-10-15-5-4-8-21-15/h6-7,9,14-15H,4-5,8,10-11H2,1-3H3. The van der Waals surface area contributed by atoms with Crippen LogP contribution < -0.4 is 0 Å². The molecule has 23 heavy (non-hydrogen) atoms. The molecule has 1 aliphatic heterocycles. The van der Waals surface area contributed by atoms with Crippen LogP contribution in [0.1, 0.15) is 41.3 Å². The second-order valence-corrected chi connectivity index (χ2v) is 5.96. The Kier molecular flexibility index (Phi) is 6.30. The van der Waals surface area contributed by atoms with Crippen LogP contribution in [0.5, 0.6) is 0 Å².